The molecule has 0 heterocycles. The van der Waals surface area contributed by atoms with E-state index in [1.54, 1.807) is 0 Å². The normalized spacial score (nSPS) is 23.9. The Kier molecular flexibility index (Phi) is 4.24. The van der Waals surface area contributed by atoms with Gasteiger partial charge in [-0.05, 0) is 32.2 Å². The molecule has 1 rings (SSSR count). The molecule has 0 saturated heterocycles. The lowest BCUT2D eigenvalue weighted by Gasteiger charge is -2.17. The van der Waals surface area contributed by atoms with E-state index in [0.717, 1.165) is 26.0 Å². The molecule has 0 aromatic rings. The van der Waals surface area contributed by atoms with Gasteiger partial charge in [0.2, 0.25) is 0 Å². The fourth-order valence-electron chi connectivity index (χ4n) is 1.25. The summed E-state index contributed by atoms with van der Waals surface area (Å²) in [6.07, 6.45) is 9.32. The van der Waals surface area contributed by atoms with E-state index in [4.69, 9.17) is 10.5 Å². The highest BCUT2D eigenvalue weighted by atomic mass is 16.5. The predicted octanol–water partition coefficient (Wildman–Crippen LogP) is 1.46. The van der Waals surface area contributed by atoms with E-state index in [9.17, 15) is 0 Å². The lowest BCUT2D eigenvalue weighted by atomic mass is 10.1. The van der Waals surface area contributed by atoms with Crippen LogP contribution in [-0.4, -0.2) is 19.3 Å². The highest BCUT2D eigenvalue weighted by molar-refractivity contribution is 4.90. The molecule has 2 heteroatoms. The highest BCUT2D eigenvalue weighted by Gasteiger charge is 2.08. The third-order valence-corrected chi connectivity index (χ3v) is 1.92. The third-order valence-electron chi connectivity index (χ3n) is 1.92. The molecule has 0 saturated carbocycles. The van der Waals surface area contributed by atoms with Crippen molar-refractivity contribution in [1.29, 1.82) is 0 Å². The molecular weight excluding hydrogens is 138 g/mol. The summed E-state index contributed by atoms with van der Waals surface area (Å²) in [5, 5.41) is 0. The Morgan fingerprint density at radius 1 is 1.45 bits per heavy atom. The molecule has 0 spiro atoms. The minimum absolute atomic E-state index is 0.464. The molecular formula is C9H17NO. The van der Waals surface area contributed by atoms with Crippen molar-refractivity contribution < 1.29 is 4.74 Å². The maximum Gasteiger partial charge on any atom is 0.0612 e. The van der Waals surface area contributed by atoms with E-state index in [1.807, 2.05) is 0 Å². The first-order valence-electron chi connectivity index (χ1n) is 4.40. The van der Waals surface area contributed by atoms with Gasteiger partial charge in [0, 0.05) is 6.61 Å². The van der Waals surface area contributed by atoms with Gasteiger partial charge < -0.3 is 10.5 Å². The second-order valence-corrected chi connectivity index (χ2v) is 2.92. The first-order chi connectivity index (χ1) is 5.43. The molecule has 1 atom stereocenters. The maximum atomic E-state index is 5.59. The quantitative estimate of drug-likeness (QED) is 0.493. The molecule has 1 aliphatic carbocycles. The molecule has 0 amide bonds. The summed E-state index contributed by atoms with van der Waals surface area (Å²) in [7, 11) is 0. The van der Waals surface area contributed by atoms with Crippen LogP contribution in [0.1, 0.15) is 25.7 Å². The largest absolute Gasteiger partial charge is 0.378 e. The summed E-state index contributed by atoms with van der Waals surface area (Å²) in [6.45, 7) is 1.57. The molecule has 11 heavy (non-hydrogen) atoms. The fourth-order valence-corrected chi connectivity index (χ4v) is 1.25. The van der Waals surface area contributed by atoms with Crippen LogP contribution in [0, 0.1) is 0 Å². The predicted molar refractivity (Wildman–Crippen MR) is 46.4 cm³/mol. The van der Waals surface area contributed by atoms with Crippen molar-refractivity contribution in [2.45, 2.75) is 31.8 Å². The summed E-state index contributed by atoms with van der Waals surface area (Å²) in [5.74, 6) is 0. The van der Waals surface area contributed by atoms with Crippen LogP contribution in [0.2, 0.25) is 0 Å². The van der Waals surface area contributed by atoms with Gasteiger partial charge in [0.15, 0.2) is 0 Å². The molecule has 2 nitrogen and oxygen atoms in total. The first-order valence-corrected chi connectivity index (χ1v) is 4.40. The Morgan fingerprint density at radius 3 is 3.00 bits per heavy atom. The van der Waals surface area contributed by atoms with Gasteiger partial charge in [-0.1, -0.05) is 12.2 Å². The monoisotopic (exact) mass is 155 g/mol. The van der Waals surface area contributed by atoms with Crippen molar-refractivity contribution in [3.63, 3.8) is 0 Å². The van der Waals surface area contributed by atoms with E-state index >= 15 is 0 Å². The zero-order valence-corrected chi connectivity index (χ0v) is 6.96. The Labute approximate surface area is 68.4 Å². The number of hydrogen-bond donors (Lipinski definition) is 1. The molecule has 0 radical (unpaired) electrons. The Morgan fingerprint density at radius 2 is 2.36 bits per heavy atom. The van der Waals surface area contributed by atoms with Gasteiger partial charge in [-0.2, -0.15) is 0 Å². The molecule has 1 aliphatic rings. The topological polar surface area (TPSA) is 35.2 Å². The average Bonchev–Trinajstić information content (AvgIpc) is 2.07. The smallest absolute Gasteiger partial charge is 0.0612 e. The Balaban J connectivity index is 2.02. The van der Waals surface area contributed by atoms with Crippen molar-refractivity contribution in [2.75, 3.05) is 13.2 Å². The van der Waals surface area contributed by atoms with Gasteiger partial charge in [0.1, 0.15) is 0 Å². The van der Waals surface area contributed by atoms with E-state index in [-0.39, 0.29) is 0 Å². The molecule has 0 aliphatic heterocycles. The Hall–Kier alpha value is -0.340. The van der Waals surface area contributed by atoms with Crippen molar-refractivity contribution in [3.05, 3.63) is 12.2 Å². The molecule has 0 aromatic carbocycles. The molecule has 2 N–H and O–H groups in total. The third kappa shape index (κ3) is 3.54. The Bertz CT molecular complexity index is 123. The van der Waals surface area contributed by atoms with E-state index < -0.39 is 0 Å². The molecule has 0 aromatic heterocycles. The van der Waals surface area contributed by atoms with Gasteiger partial charge in [-0.15, -0.1) is 0 Å². The van der Waals surface area contributed by atoms with Crippen LogP contribution in [0.3, 0.4) is 0 Å². The van der Waals surface area contributed by atoms with Crippen LogP contribution in [0.5, 0.6) is 0 Å². The number of allylic oxidation sites excluding steroid dienone is 1. The summed E-state index contributed by atoms with van der Waals surface area (Å²) in [5.41, 5.74) is 5.35. The SMILES string of the molecule is NCCCOC1CC=CCC1. The average molecular weight is 155 g/mol. The molecule has 64 valence electrons. The van der Waals surface area contributed by atoms with Crippen molar-refractivity contribution >= 4 is 0 Å². The van der Waals surface area contributed by atoms with Crippen molar-refractivity contribution in [1.82, 2.24) is 0 Å². The van der Waals surface area contributed by atoms with Crippen LogP contribution in [0.4, 0.5) is 0 Å². The number of ether oxygens (including phenoxy) is 1. The maximum absolute atomic E-state index is 5.59. The van der Waals surface area contributed by atoms with Gasteiger partial charge in [0.25, 0.3) is 0 Å². The zero-order valence-electron chi connectivity index (χ0n) is 6.96. The van der Waals surface area contributed by atoms with Gasteiger partial charge in [0.05, 0.1) is 6.10 Å². The number of nitrogens with two attached hydrogens (primary N) is 1. The minimum atomic E-state index is 0.464. The summed E-state index contributed by atoms with van der Waals surface area (Å²) < 4.78 is 5.59. The molecule has 1 unspecified atom stereocenters. The molecule has 0 bridgehead atoms. The number of hydrogen-bond acceptors (Lipinski definition) is 2. The van der Waals surface area contributed by atoms with Gasteiger partial charge in [-0.25, -0.2) is 0 Å². The zero-order chi connectivity index (χ0) is 7.94. The van der Waals surface area contributed by atoms with Crippen LogP contribution in [-0.2, 0) is 4.74 Å². The summed E-state index contributed by atoms with van der Waals surface area (Å²) in [4.78, 5) is 0. The van der Waals surface area contributed by atoms with Crippen molar-refractivity contribution in [3.8, 4) is 0 Å². The fraction of sp³-hybridized carbons (Fsp3) is 0.778. The minimum Gasteiger partial charge on any atom is -0.378 e. The van der Waals surface area contributed by atoms with Crippen molar-refractivity contribution in [2.24, 2.45) is 5.73 Å². The van der Waals surface area contributed by atoms with Crippen LogP contribution in [0.25, 0.3) is 0 Å². The van der Waals surface area contributed by atoms with Crippen LogP contribution in [0.15, 0.2) is 12.2 Å². The molecule has 0 fully saturated rings. The number of rotatable bonds is 4. The lowest BCUT2D eigenvalue weighted by molar-refractivity contribution is 0.0471. The van der Waals surface area contributed by atoms with Gasteiger partial charge in [-0.3, -0.25) is 0 Å². The standard InChI is InChI=1S/C9H17NO/c10-7-4-8-11-9-5-2-1-3-6-9/h1-2,9H,3-8,10H2. The van der Waals surface area contributed by atoms with E-state index in [0.29, 0.717) is 6.10 Å². The van der Waals surface area contributed by atoms with E-state index in [2.05, 4.69) is 12.2 Å². The summed E-state index contributed by atoms with van der Waals surface area (Å²) in [6, 6.07) is 0. The first kappa shape index (κ1) is 8.75. The van der Waals surface area contributed by atoms with Crippen LogP contribution < -0.4 is 5.73 Å². The van der Waals surface area contributed by atoms with E-state index in [1.165, 1.54) is 12.8 Å². The summed E-state index contributed by atoms with van der Waals surface area (Å²) >= 11 is 0. The van der Waals surface area contributed by atoms with Crippen LogP contribution >= 0.6 is 0 Å². The second-order valence-electron chi connectivity index (χ2n) is 2.92. The highest BCUT2D eigenvalue weighted by Crippen LogP contribution is 2.13. The second kappa shape index (κ2) is 5.33. The van der Waals surface area contributed by atoms with Gasteiger partial charge >= 0.3 is 0 Å². The lowest BCUT2D eigenvalue weighted by Crippen LogP contribution is -2.16.